The number of nitrogens with zero attached hydrogens (tertiary/aromatic N) is 3. The lowest BCUT2D eigenvalue weighted by molar-refractivity contribution is -0.146. The summed E-state index contributed by atoms with van der Waals surface area (Å²) in [6.07, 6.45) is 4.16. The van der Waals surface area contributed by atoms with E-state index in [-0.39, 0.29) is 11.9 Å². The normalized spacial score (nSPS) is 16.0. The van der Waals surface area contributed by atoms with Gasteiger partial charge in [0.1, 0.15) is 17.1 Å². The van der Waals surface area contributed by atoms with Crippen LogP contribution in [0.4, 0.5) is 10.2 Å². The molecule has 8 nitrogen and oxygen atoms in total. The number of hydrogen-bond donors (Lipinski definition) is 2. The summed E-state index contributed by atoms with van der Waals surface area (Å²) >= 11 is 0. The summed E-state index contributed by atoms with van der Waals surface area (Å²) in [5.41, 5.74) is 9.09. The van der Waals surface area contributed by atoms with Crippen LogP contribution in [0, 0.1) is 5.82 Å². The molecule has 3 heterocycles. The number of likely N-dealkylation sites (tertiary alicyclic amines) is 1. The highest BCUT2D eigenvalue weighted by Crippen LogP contribution is 2.38. The Balaban J connectivity index is 1.44. The molecule has 3 aromatic rings. The standard InChI is InChI=1S/C20H18FN5O3/c21-15-5-4-14(17-13(15)6-7-29-17)16-11-2-1-3-12(11)19(25-24-16)23-10-8-26(9-10)20(28)18(22)27/h4-7,10H,1-3,8-9H2,(H2,22,27)(H,23,25). The lowest BCUT2D eigenvalue weighted by Crippen LogP contribution is -2.59. The minimum absolute atomic E-state index is 0.00856. The summed E-state index contributed by atoms with van der Waals surface area (Å²) in [4.78, 5) is 24.0. The number of nitrogens with two attached hydrogens (primary N) is 1. The zero-order valence-corrected chi connectivity index (χ0v) is 15.4. The van der Waals surface area contributed by atoms with E-state index in [1.807, 2.05) is 0 Å². The Kier molecular flexibility index (Phi) is 3.97. The quantitative estimate of drug-likeness (QED) is 0.652. The first kappa shape index (κ1) is 17.6. The van der Waals surface area contributed by atoms with Crippen LogP contribution in [-0.2, 0) is 22.4 Å². The molecule has 0 radical (unpaired) electrons. The Bertz CT molecular complexity index is 1150. The van der Waals surface area contributed by atoms with E-state index < -0.39 is 11.8 Å². The second-order valence-corrected chi connectivity index (χ2v) is 7.38. The fourth-order valence-corrected chi connectivity index (χ4v) is 4.12. The van der Waals surface area contributed by atoms with E-state index in [1.165, 1.54) is 17.2 Å². The number of primary amides is 1. The van der Waals surface area contributed by atoms with Crippen molar-refractivity contribution < 1.29 is 18.4 Å². The van der Waals surface area contributed by atoms with Crippen molar-refractivity contribution in [3.05, 3.63) is 41.4 Å². The third-order valence-corrected chi connectivity index (χ3v) is 5.58. The van der Waals surface area contributed by atoms with E-state index >= 15 is 0 Å². The summed E-state index contributed by atoms with van der Waals surface area (Å²) in [5.74, 6) is -1.26. The number of anilines is 1. The van der Waals surface area contributed by atoms with Gasteiger partial charge in [-0.1, -0.05) is 0 Å². The van der Waals surface area contributed by atoms with Gasteiger partial charge in [-0.05, 0) is 43.0 Å². The SMILES string of the molecule is NC(=O)C(=O)N1CC(Nc2nnc(-c3ccc(F)c4ccoc34)c3c2CCC3)C1. The van der Waals surface area contributed by atoms with Crippen molar-refractivity contribution in [3.8, 4) is 11.3 Å². The summed E-state index contributed by atoms with van der Waals surface area (Å²) in [7, 11) is 0. The number of aromatic nitrogens is 2. The van der Waals surface area contributed by atoms with Gasteiger partial charge < -0.3 is 20.4 Å². The van der Waals surface area contributed by atoms with Crippen LogP contribution in [0.25, 0.3) is 22.2 Å². The maximum absolute atomic E-state index is 14.0. The number of carbonyl (C=O) groups is 2. The molecule has 1 saturated heterocycles. The van der Waals surface area contributed by atoms with Gasteiger partial charge in [-0.3, -0.25) is 9.59 Å². The van der Waals surface area contributed by atoms with Gasteiger partial charge in [0.05, 0.1) is 17.7 Å². The Morgan fingerprint density at radius 1 is 1.17 bits per heavy atom. The molecule has 1 aliphatic heterocycles. The summed E-state index contributed by atoms with van der Waals surface area (Å²) in [6, 6.07) is 4.69. The average molecular weight is 395 g/mol. The molecule has 0 saturated carbocycles. The monoisotopic (exact) mass is 395 g/mol. The zero-order valence-electron chi connectivity index (χ0n) is 15.4. The Morgan fingerprint density at radius 3 is 2.76 bits per heavy atom. The third kappa shape index (κ3) is 2.81. The number of furan rings is 1. The van der Waals surface area contributed by atoms with Crippen LogP contribution in [-0.4, -0.2) is 46.0 Å². The van der Waals surface area contributed by atoms with Crippen LogP contribution in [0.3, 0.4) is 0 Å². The molecular weight excluding hydrogens is 377 g/mol. The topological polar surface area (TPSA) is 114 Å². The van der Waals surface area contributed by atoms with Crippen molar-refractivity contribution >= 4 is 28.6 Å². The van der Waals surface area contributed by atoms with Crippen LogP contribution in [0.15, 0.2) is 28.9 Å². The molecular formula is C20H18FN5O3. The first-order chi connectivity index (χ1) is 14.0. The maximum atomic E-state index is 14.0. The lowest BCUT2D eigenvalue weighted by atomic mass is 10.0. The minimum Gasteiger partial charge on any atom is -0.464 e. The number of amides is 2. The minimum atomic E-state index is -0.947. The number of benzene rings is 1. The number of rotatable bonds is 3. The second-order valence-electron chi connectivity index (χ2n) is 7.38. The van der Waals surface area contributed by atoms with E-state index in [0.717, 1.165) is 36.0 Å². The lowest BCUT2D eigenvalue weighted by Gasteiger charge is -2.39. The molecule has 0 spiro atoms. The third-order valence-electron chi connectivity index (χ3n) is 5.58. The van der Waals surface area contributed by atoms with Crippen molar-refractivity contribution in [3.63, 3.8) is 0 Å². The molecule has 2 aromatic heterocycles. The molecule has 5 rings (SSSR count). The highest BCUT2D eigenvalue weighted by atomic mass is 19.1. The molecule has 1 fully saturated rings. The molecule has 2 aliphatic rings. The largest absolute Gasteiger partial charge is 0.464 e. The molecule has 1 aliphatic carbocycles. The first-order valence-electron chi connectivity index (χ1n) is 9.42. The van der Waals surface area contributed by atoms with Crippen molar-refractivity contribution in [1.82, 2.24) is 15.1 Å². The number of hydrogen-bond acceptors (Lipinski definition) is 6. The van der Waals surface area contributed by atoms with Crippen molar-refractivity contribution in [1.29, 1.82) is 0 Å². The predicted octanol–water partition coefficient (Wildman–Crippen LogP) is 1.63. The zero-order chi connectivity index (χ0) is 20.1. The van der Waals surface area contributed by atoms with E-state index in [0.29, 0.717) is 35.6 Å². The Hall–Kier alpha value is -3.49. The van der Waals surface area contributed by atoms with Crippen LogP contribution in [0.1, 0.15) is 17.5 Å². The van der Waals surface area contributed by atoms with Gasteiger partial charge in [-0.2, -0.15) is 0 Å². The van der Waals surface area contributed by atoms with Crippen molar-refractivity contribution in [2.75, 3.05) is 18.4 Å². The van der Waals surface area contributed by atoms with Crippen molar-refractivity contribution in [2.45, 2.75) is 25.3 Å². The molecule has 2 amide bonds. The van der Waals surface area contributed by atoms with Gasteiger partial charge in [0.25, 0.3) is 0 Å². The van der Waals surface area contributed by atoms with Crippen LogP contribution >= 0.6 is 0 Å². The van der Waals surface area contributed by atoms with Crippen molar-refractivity contribution in [2.24, 2.45) is 5.73 Å². The molecule has 148 valence electrons. The molecule has 0 atom stereocenters. The Morgan fingerprint density at radius 2 is 1.97 bits per heavy atom. The van der Waals surface area contributed by atoms with Gasteiger partial charge >= 0.3 is 11.8 Å². The van der Waals surface area contributed by atoms with E-state index in [2.05, 4.69) is 15.5 Å². The molecule has 9 heteroatoms. The van der Waals surface area contributed by atoms with Crippen LogP contribution in [0.5, 0.6) is 0 Å². The van der Waals surface area contributed by atoms with Gasteiger partial charge in [0.2, 0.25) is 0 Å². The number of carbonyl (C=O) groups excluding carboxylic acids is 2. The van der Waals surface area contributed by atoms with Crippen LogP contribution in [0.2, 0.25) is 0 Å². The highest BCUT2D eigenvalue weighted by Gasteiger charge is 2.34. The smallest absolute Gasteiger partial charge is 0.311 e. The van der Waals surface area contributed by atoms with Crippen LogP contribution < -0.4 is 11.1 Å². The predicted molar refractivity (Wildman–Crippen MR) is 102 cm³/mol. The van der Waals surface area contributed by atoms with Gasteiger partial charge in [0.15, 0.2) is 5.82 Å². The molecule has 1 aromatic carbocycles. The fraction of sp³-hybridized carbons (Fsp3) is 0.300. The van der Waals surface area contributed by atoms with E-state index in [4.69, 9.17) is 10.2 Å². The number of fused-ring (bicyclic) bond motifs is 2. The fourth-order valence-electron chi connectivity index (χ4n) is 4.12. The second kappa shape index (κ2) is 6.54. The van der Waals surface area contributed by atoms with Gasteiger partial charge in [0, 0.05) is 24.2 Å². The molecule has 29 heavy (non-hydrogen) atoms. The first-order valence-corrected chi connectivity index (χ1v) is 9.42. The molecule has 0 bridgehead atoms. The molecule has 3 N–H and O–H groups in total. The van der Waals surface area contributed by atoms with E-state index in [9.17, 15) is 14.0 Å². The number of nitrogens with one attached hydrogen (secondary N) is 1. The van der Waals surface area contributed by atoms with Gasteiger partial charge in [-0.25, -0.2) is 4.39 Å². The molecule has 0 unspecified atom stereocenters. The summed E-state index contributed by atoms with van der Waals surface area (Å²) in [5, 5.41) is 12.5. The van der Waals surface area contributed by atoms with E-state index in [1.54, 1.807) is 12.1 Å². The maximum Gasteiger partial charge on any atom is 0.311 e. The summed E-state index contributed by atoms with van der Waals surface area (Å²) < 4.78 is 19.5. The number of halogens is 1. The van der Waals surface area contributed by atoms with Gasteiger partial charge in [-0.15, -0.1) is 10.2 Å². The Labute approximate surface area is 164 Å². The highest BCUT2D eigenvalue weighted by molar-refractivity contribution is 6.34. The summed E-state index contributed by atoms with van der Waals surface area (Å²) in [6.45, 7) is 0.788. The average Bonchev–Trinajstić information content (AvgIpc) is 3.34.